The Morgan fingerprint density at radius 1 is 1.24 bits per heavy atom. The molecule has 4 rings (SSSR count). The Hall–Kier alpha value is -2.56. The first kappa shape index (κ1) is 15.9. The van der Waals surface area contributed by atoms with Crippen molar-refractivity contribution in [3.8, 4) is 0 Å². The summed E-state index contributed by atoms with van der Waals surface area (Å²) in [5.74, 6) is 0.148. The third-order valence-corrected chi connectivity index (χ3v) is 5.12. The number of H-pyrrole nitrogens is 1. The van der Waals surface area contributed by atoms with Crippen molar-refractivity contribution in [2.45, 2.75) is 45.7 Å². The Balaban J connectivity index is 1.60. The highest BCUT2D eigenvalue weighted by molar-refractivity contribution is 5.81. The number of nitrogens with one attached hydrogen (secondary N) is 1. The third-order valence-electron chi connectivity index (χ3n) is 5.12. The molecule has 1 aliphatic rings. The lowest BCUT2D eigenvalue weighted by molar-refractivity contribution is -0.136. The number of benzene rings is 1. The van der Waals surface area contributed by atoms with Gasteiger partial charge in [-0.15, -0.1) is 0 Å². The molecule has 1 saturated heterocycles. The molecule has 5 nitrogen and oxygen atoms in total. The lowest BCUT2D eigenvalue weighted by Crippen LogP contribution is -2.40. The number of hydrogen-bond acceptors (Lipinski definition) is 2. The maximum Gasteiger partial charge on any atom is 0.244 e. The Bertz CT molecular complexity index is 874. The number of fused-ring (bicyclic) bond motifs is 1. The second kappa shape index (κ2) is 6.39. The van der Waals surface area contributed by atoms with Gasteiger partial charge in [-0.25, -0.2) is 0 Å². The van der Waals surface area contributed by atoms with Gasteiger partial charge in [0.2, 0.25) is 5.91 Å². The smallest absolute Gasteiger partial charge is 0.244 e. The molecule has 0 unspecified atom stereocenters. The second-order valence-corrected chi connectivity index (χ2v) is 7.00. The largest absolute Gasteiger partial charge is 0.357 e. The molecule has 1 atom stereocenters. The number of carbonyl (C=O) groups excluding carboxylic acids is 1. The van der Waals surface area contributed by atoms with E-state index in [2.05, 4.69) is 28.3 Å². The topological polar surface area (TPSA) is 53.9 Å². The summed E-state index contributed by atoms with van der Waals surface area (Å²) in [6.07, 6.45) is 3.24. The molecule has 2 aromatic heterocycles. The second-order valence-electron chi connectivity index (χ2n) is 7.00. The monoisotopic (exact) mass is 336 g/mol. The van der Waals surface area contributed by atoms with Crippen LogP contribution < -0.4 is 0 Å². The minimum absolute atomic E-state index is 0.130. The number of rotatable bonds is 3. The van der Waals surface area contributed by atoms with Crippen LogP contribution in [0.1, 0.15) is 42.4 Å². The molecule has 1 N–H and O–H groups in total. The van der Waals surface area contributed by atoms with Crippen LogP contribution >= 0.6 is 0 Å². The molecule has 130 valence electrons. The molecule has 3 heterocycles. The molecule has 0 saturated carbocycles. The Morgan fingerprint density at radius 2 is 2.08 bits per heavy atom. The van der Waals surface area contributed by atoms with E-state index in [1.54, 1.807) is 0 Å². The fourth-order valence-corrected chi connectivity index (χ4v) is 3.88. The van der Waals surface area contributed by atoms with E-state index in [1.807, 2.05) is 41.6 Å². The molecule has 1 aliphatic heterocycles. The first-order chi connectivity index (χ1) is 12.1. The SMILES string of the molecule is Cc1cc(C)n(CC(=O)N2CCCC[C@@H]2c2cc3ccccc3[nH]2)n1. The lowest BCUT2D eigenvalue weighted by Gasteiger charge is -2.35. The van der Waals surface area contributed by atoms with Gasteiger partial charge in [0.25, 0.3) is 0 Å². The molecule has 1 aromatic carbocycles. The predicted octanol–water partition coefficient (Wildman–Crippen LogP) is 3.74. The average Bonchev–Trinajstić information content (AvgIpc) is 3.17. The van der Waals surface area contributed by atoms with Gasteiger partial charge in [0.1, 0.15) is 6.54 Å². The van der Waals surface area contributed by atoms with E-state index < -0.39 is 0 Å². The standard InChI is InChI=1S/C20H24N4O/c1-14-11-15(2)24(22-14)13-20(25)23-10-6-5-9-19(23)18-12-16-7-3-4-8-17(16)21-18/h3-4,7-8,11-12,19,21H,5-6,9-10,13H2,1-2H3/t19-/m1/s1. The number of aromatic amines is 1. The van der Waals surface area contributed by atoms with E-state index in [4.69, 9.17) is 0 Å². The maximum absolute atomic E-state index is 13.0. The molecule has 25 heavy (non-hydrogen) atoms. The molecular weight excluding hydrogens is 312 g/mol. The lowest BCUT2D eigenvalue weighted by atomic mass is 9.99. The highest BCUT2D eigenvalue weighted by Crippen LogP contribution is 2.32. The van der Waals surface area contributed by atoms with E-state index in [0.29, 0.717) is 6.54 Å². The normalized spacial score (nSPS) is 18.0. The summed E-state index contributed by atoms with van der Waals surface area (Å²) < 4.78 is 1.81. The number of nitrogens with zero attached hydrogens (tertiary/aromatic N) is 3. The molecule has 1 amide bonds. The number of aryl methyl sites for hydroxylation is 2. The van der Waals surface area contributed by atoms with Gasteiger partial charge < -0.3 is 9.88 Å². The minimum atomic E-state index is 0.130. The van der Waals surface area contributed by atoms with Crippen LogP contribution in [-0.4, -0.2) is 32.1 Å². The number of amides is 1. The van der Waals surface area contributed by atoms with Crippen LogP contribution in [-0.2, 0) is 11.3 Å². The van der Waals surface area contributed by atoms with Gasteiger partial charge >= 0.3 is 0 Å². The summed E-state index contributed by atoms with van der Waals surface area (Å²) >= 11 is 0. The van der Waals surface area contributed by atoms with Crippen molar-refractivity contribution >= 4 is 16.8 Å². The highest BCUT2D eigenvalue weighted by Gasteiger charge is 2.29. The van der Waals surface area contributed by atoms with Crippen LogP contribution in [0.3, 0.4) is 0 Å². The quantitative estimate of drug-likeness (QED) is 0.792. The molecular formula is C20H24N4O. The summed E-state index contributed by atoms with van der Waals surface area (Å²) in [6.45, 7) is 5.09. The van der Waals surface area contributed by atoms with Crippen LogP contribution in [0.25, 0.3) is 10.9 Å². The van der Waals surface area contributed by atoms with Crippen molar-refractivity contribution in [1.29, 1.82) is 0 Å². The Morgan fingerprint density at radius 3 is 2.84 bits per heavy atom. The molecule has 5 heteroatoms. The van der Waals surface area contributed by atoms with Crippen molar-refractivity contribution in [2.24, 2.45) is 0 Å². The third kappa shape index (κ3) is 3.06. The molecule has 0 radical (unpaired) electrons. The number of para-hydroxylation sites is 1. The zero-order valence-electron chi connectivity index (χ0n) is 14.8. The molecule has 0 aliphatic carbocycles. The van der Waals surface area contributed by atoms with E-state index in [-0.39, 0.29) is 11.9 Å². The Kier molecular flexibility index (Phi) is 4.07. The number of piperidine rings is 1. The van der Waals surface area contributed by atoms with Crippen molar-refractivity contribution in [3.63, 3.8) is 0 Å². The van der Waals surface area contributed by atoms with E-state index in [9.17, 15) is 4.79 Å². The number of aromatic nitrogens is 3. The van der Waals surface area contributed by atoms with Crippen LogP contribution in [0.2, 0.25) is 0 Å². The summed E-state index contributed by atoms with van der Waals surface area (Å²) in [5.41, 5.74) is 4.26. The van der Waals surface area contributed by atoms with Gasteiger partial charge in [-0.1, -0.05) is 18.2 Å². The maximum atomic E-state index is 13.0. The van der Waals surface area contributed by atoms with Crippen molar-refractivity contribution in [3.05, 3.63) is 53.5 Å². The molecule has 0 bridgehead atoms. The summed E-state index contributed by atoms with van der Waals surface area (Å²) in [4.78, 5) is 18.5. The summed E-state index contributed by atoms with van der Waals surface area (Å²) in [7, 11) is 0. The van der Waals surface area contributed by atoms with Crippen molar-refractivity contribution < 1.29 is 4.79 Å². The van der Waals surface area contributed by atoms with Crippen LogP contribution in [0.15, 0.2) is 36.4 Å². The van der Waals surface area contributed by atoms with E-state index in [0.717, 1.165) is 48.4 Å². The van der Waals surface area contributed by atoms with Crippen LogP contribution in [0.5, 0.6) is 0 Å². The highest BCUT2D eigenvalue weighted by atomic mass is 16.2. The average molecular weight is 336 g/mol. The first-order valence-electron chi connectivity index (χ1n) is 9.00. The summed E-state index contributed by atoms with van der Waals surface area (Å²) in [5, 5.41) is 5.64. The molecule has 3 aromatic rings. The first-order valence-corrected chi connectivity index (χ1v) is 9.00. The van der Waals surface area contributed by atoms with Gasteiger partial charge in [-0.3, -0.25) is 9.48 Å². The predicted molar refractivity (Wildman–Crippen MR) is 98.3 cm³/mol. The van der Waals surface area contributed by atoms with Crippen LogP contribution in [0.4, 0.5) is 0 Å². The molecule has 0 spiro atoms. The zero-order chi connectivity index (χ0) is 17.4. The van der Waals surface area contributed by atoms with E-state index >= 15 is 0 Å². The van der Waals surface area contributed by atoms with Gasteiger partial charge in [-0.2, -0.15) is 5.10 Å². The van der Waals surface area contributed by atoms with Gasteiger partial charge in [0, 0.05) is 23.4 Å². The molecule has 1 fully saturated rings. The van der Waals surface area contributed by atoms with Crippen LogP contribution in [0, 0.1) is 13.8 Å². The summed E-state index contributed by atoms with van der Waals surface area (Å²) in [6, 6.07) is 12.6. The number of likely N-dealkylation sites (tertiary alicyclic amines) is 1. The van der Waals surface area contributed by atoms with Gasteiger partial charge in [-0.05, 0) is 56.7 Å². The van der Waals surface area contributed by atoms with Crippen molar-refractivity contribution in [2.75, 3.05) is 6.54 Å². The number of carbonyl (C=O) groups is 1. The fraction of sp³-hybridized carbons (Fsp3) is 0.400. The van der Waals surface area contributed by atoms with Crippen molar-refractivity contribution in [1.82, 2.24) is 19.7 Å². The van der Waals surface area contributed by atoms with Gasteiger partial charge in [0.15, 0.2) is 0 Å². The minimum Gasteiger partial charge on any atom is -0.357 e. The van der Waals surface area contributed by atoms with Gasteiger partial charge in [0.05, 0.1) is 11.7 Å². The Labute approximate surface area is 147 Å². The van der Waals surface area contributed by atoms with E-state index in [1.165, 1.54) is 5.39 Å². The fourth-order valence-electron chi connectivity index (χ4n) is 3.88. The number of hydrogen-bond donors (Lipinski definition) is 1. The zero-order valence-corrected chi connectivity index (χ0v) is 14.8.